The second-order valence-corrected chi connectivity index (χ2v) is 8.04. The van der Waals surface area contributed by atoms with Crippen molar-refractivity contribution in [3.8, 4) is 0 Å². The summed E-state index contributed by atoms with van der Waals surface area (Å²) in [6.07, 6.45) is 5.31. The zero-order valence-electron chi connectivity index (χ0n) is 15.0. The maximum Gasteiger partial charge on any atom is 0.238 e. The van der Waals surface area contributed by atoms with Crippen LogP contribution in [0.25, 0.3) is 0 Å². The molecule has 8 heteroatoms. The van der Waals surface area contributed by atoms with E-state index in [1.807, 2.05) is 12.1 Å². The molecule has 2 aromatic carbocycles. The summed E-state index contributed by atoms with van der Waals surface area (Å²) in [5.41, 5.74) is 10.8. The number of sulfonamides is 1. The van der Waals surface area contributed by atoms with Crippen molar-refractivity contribution in [2.24, 2.45) is 15.9 Å². The molecule has 0 saturated carbocycles. The molecule has 0 fully saturated rings. The third-order valence-electron chi connectivity index (χ3n) is 4.59. The van der Waals surface area contributed by atoms with Crippen molar-refractivity contribution in [2.75, 3.05) is 11.9 Å². The van der Waals surface area contributed by atoms with Gasteiger partial charge in [-0.05, 0) is 67.0 Å². The van der Waals surface area contributed by atoms with Crippen LogP contribution in [0.1, 0.15) is 29.5 Å². The van der Waals surface area contributed by atoms with Crippen molar-refractivity contribution in [1.82, 2.24) is 0 Å². The van der Waals surface area contributed by atoms with E-state index in [1.165, 1.54) is 36.1 Å². The quantitative estimate of drug-likeness (QED) is 0.333. The maximum absolute atomic E-state index is 11.3. The number of rotatable bonds is 5. The van der Waals surface area contributed by atoms with Gasteiger partial charge >= 0.3 is 0 Å². The number of primary sulfonamides is 1. The maximum atomic E-state index is 11.3. The minimum absolute atomic E-state index is 0. The molecule has 5 N–H and O–H groups in total. The number of hydrogen-bond donors (Lipinski definition) is 3. The number of nitrogens with one attached hydrogen (secondary N) is 1. The van der Waals surface area contributed by atoms with E-state index in [1.54, 1.807) is 12.1 Å². The van der Waals surface area contributed by atoms with E-state index in [-0.39, 0.29) is 28.9 Å². The van der Waals surface area contributed by atoms with E-state index in [4.69, 9.17) is 10.9 Å². The van der Waals surface area contributed by atoms with Gasteiger partial charge in [0.1, 0.15) is 0 Å². The van der Waals surface area contributed by atoms with E-state index < -0.39 is 10.0 Å². The summed E-state index contributed by atoms with van der Waals surface area (Å²) in [4.78, 5) is 4.49. The molecule has 0 saturated heterocycles. The molecule has 0 heterocycles. The van der Waals surface area contributed by atoms with Crippen LogP contribution in [0.4, 0.5) is 5.69 Å². The molecule has 0 radical (unpaired) electrons. The lowest BCUT2D eigenvalue weighted by molar-refractivity contribution is 0.598. The first kappa shape index (κ1) is 21.6. The fourth-order valence-corrected chi connectivity index (χ4v) is 3.74. The summed E-state index contributed by atoms with van der Waals surface area (Å²) in [5.74, 6) is 0.394. The van der Waals surface area contributed by atoms with Gasteiger partial charge in [0, 0.05) is 12.2 Å². The second-order valence-electron chi connectivity index (χ2n) is 6.48. The highest BCUT2D eigenvalue weighted by Crippen LogP contribution is 2.27. The van der Waals surface area contributed by atoms with E-state index in [0.29, 0.717) is 18.9 Å². The van der Waals surface area contributed by atoms with Crippen LogP contribution < -0.4 is 16.2 Å². The predicted molar refractivity (Wildman–Crippen MR) is 120 cm³/mol. The predicted octanol–water partition coefficient (Wildman–Crippen LogP) is 2.80. The van der Waals surface area contributed by atoms with Gasteiger partial charge in [0.05, 0.1) is 4.90 Å². The van der Waals surface area contributed by atoms with E-state index >= 15 is 0 Å². The van der Waals surface area contributed by atoms with Crippen molar-refractivity contribution in [3.63, 3.8) is 0 Å². The Hall–Kier alpha value is -1.65. The Balaban J connectivity index is 0.00000261. The molecule has 0 aromatic heterocycles. The normalized spacial score (nSPS) is 14.2. The highest BCUT2D eigenvalue weighted by molar-refractivity contribution is 14.0. The molecule has 0 spiro atoms. The Bertz CT molecular complexity index is 912. The average Bonchev–Trinajstić information content (AvgIpc) is 2.62. The first-order chi connectivity index (χ1) is 12.4. The van der Waals surface area contributed by atoms with E-state index in [2.05, 4.69) is 16.4 Å². The average molecular weight is 500 g/mol. The lowest BCUT2D eigenvalue weighted by Crippen LogP contribution is -2.24. The number of benzene rings is 2. The molecule has 27 heavy (non-hydrogen) atoms. The number of anilines is 1. The molecule has 1 aliphatic carbocycles. The molecule has 1 aliphatic rings. The van der Waals surface area contributed by atoms with Crippen molar-refractivity contribution in [2.45, 2.75) is 37.0 Å². The largest absolute Gasteiger partial charge is 0.370 e. The van der Waals surface area contributed by atoms with Gasteiger partial charge in [-0.1, -0.05) is 24.3 Å². The minimum atomic E-state index is -3.65. The number of nitrogens with two attached hydrogens (primary N) is 2. The summed E-state index contributed by atoms with van der Waals surface area (Å²) < 4.78 is 22.5. The minimum Gasteiger partial charge on any atom is -0.370 e. The molecule has 0 amide bonds. The Morgan fingerprint density at radius 2 is 1.78 bits per heavy atom. The molecular weight excluding hydrogens is 475 g/mol. The van der Waals surface area contributed by atoms with Crippen LogP contribution in [0.2, 0.25) is 0 Å². The van der Waals surface area contributed by atoms with Crippen LogP contribution in [-0.2, 0) is 29.3 Å². The summed E-state index contributed by atoms with van der Waals surface area (Å²) in [6, 6.07) is 12.8. The number of nitrogens with zero attached hydrogens (tertiary/aromatic N) is 1. The standard InChI is InChI=1S/C19H24N4O2S.HI/c20-19(23-18-7-3-5-15-4-1-2-6-17(15)18)22-13-12-14-8-10-16(11-9-14)26(21,24)25;/h3,5,7-11H,1-2,4,6,12-13H2,(H3,20,22,23)(H2,21,24,25);1H. The third-order valence-corrected chi connectivity index (χ3v) is 5.52. The van der Waals surface area contributed by atoms with Gasteiger partial charge in [-0.25, -0.2) is 13.6 Å². The van der Waals surface area contributed by atoms with Gasteiger partial charge in [-0.15, -0.1) is 24.0 Å². The fraction of sp³-hybridized carbons (Fsp3) is 0.316. The number of guanidine groups is 1. The van der Waals surface area contributed by atoms with Gasteiger partial charge in [0.2, 0.25) is 10.0 Å². The highest BCUT2D eigenvalue weighted by atomic mass is 127. The Morgan fingerprint density at radius 1 is 1.07 bits per heavy atom. The number of aryl methyl sites for hydroxylation is 1. The second kappa shape index (κ2) is 9.52. The molecule has 0 bridgehead atoms. The topological polar surface area (TPSA) is 111 Å². The molecule has 0 aliphatic heterocycles. The van der Waals surface area contributed by atoms with Gasteiger partial charge in [-0.3, -0.25) is 4.99 Å². The van der Waals surface area contributed by atoms with E-state index in [9.17, 15) is 8.42 Å². The first-order valence-corrected chi connectivity index (χ1v) is 10.3. The molecular formula is C19H25IN4O2S. The van der Waals surface area contributed by atoms with Gasteiger partial charge in [0.25, 0.3) is 0 Å². The lowest BCUT2D eigenvalue weighted by atomic mass is 9.90. The smallest absolute Gasteiger partial charge is 0.238 e. The molecule has 2 aromatic rings. The van der Waals surface area contributed by atoms with Gasteiger partial charge in [-0.2, -0.15) is 0 Å². The summed E-state index contributed by atoms with van der Waals surface area (Å²) in [6.45, 7) is 0.516. The Labute approximate surface area is 177 Å². The van der Waals surface area contributed by atoms with Crippen LogP contribution in [0, 0.1) is 0 Å². The SMILES string of the molecule is I.NC(=NCCc1ccc(S(N)(=O)=O)cc1)Nc1cccc2c1CCCC2. The Kier molecular flexibility index (Phi) is 7.63. The number of fused-ring (bicyclic) bond motifs is 1. The van der Waals surface area contributed by atoms with Crippen molar-refractivity contribution < 1.29 is 8.42 Å². The van der Waals surface area contributed by atoms with Crippen LogP contribution in [0.3, 0.4) is 0 Å². The van der Waals surface area contributed by atoms with Crippen LogP contribution >= 0.6 is 24.0 Å². The van der Waals surface area contributed by atoms with Gasteiger partial charge < -0.3 is 11.1 Å². The summed E-state index contributed by atoms with van der Waals surface area (Å²) >= 11 is 0. The van der Waals surface area contributed by atoms with Crippen LogP contribution in [-0.4, -0.2) is 20.9 Å². The molecule has 146 valence electrons. The molecule has 0 atom stereocenters. The highest BCUT2D eigenvalue weighted by Gasteiger charge is 2.13. The summed E-state index contributed by atoms with van der Waals surface area (Å²) in [7, 11) is -3.65. The van der Waals surface area contributed by atoms with Crippen LogP contribution in [0.15, 0.2) is 52.4 Å². The molecule has 0 unspecified atom stereocenters. The third kappa shape index (κ3) is 5.91. The van der Waals surface area contributed by atoms with Crippen LogP contribution in [0.5, 0.6) is 0 Å². The fourth-order valence-electron chi connectivity index (χ4n) is 3.23. The monoisotopic (exact) mass is 500 g/mol. The van der Waals surface area contributed by atoms with Crippen molar-refractivity contribution in [1.29, 1.82) is 0 Å². The first-order valence-electron chi connectivity index (χ1n) is 8.73. The Morgan fingerprint density at radius 3 is 2.48 bits per heavy atom. The molecule has 3 rings (SSSR count). The van der Waals surface area contributed by atoms with Crippen molar-refractivity contribution in [3.05, 3.63) is 59.2 Å². The number of halogens is 1. The molecule has 6 nitrogen and oxygen atoms in total. The zero-order valence-corrected chi connectivity index (χ0v) is 18.2. The summed E-state index contributed by atoms with van der Waals surface area (Å²) in [5, 5.41) is 8.31. The zero-order chi connectivity index (χ0) is 18.6. The van der Waals surface area contributed by atoms with Gasteiger partial charge in [0.15, 0.2) is 5.96 Å². The van der Waals surface area contributed by atoms with Crippen molar-refractivity contribution >= 4 is 45.6 Å². The van der Waals surface area contributed by atoms with E-state index in [0.717, 1.165) is 24.1 Å². The number of hydrogen-bond acceptors (Lipinski definition) is 3. The lowest BCUT2D eigenvalue weighted by Gasteiger charge is -2.19. The number of aliphatic imine (C=N–C) groups is 1.